The maximum absolute atomic E-state index is 12.1. The zero-order chi connectivity index (χ0) is 17.8. The number of carbonyl (C=O) groups excluding carboxylic acids is 1. The first-order valence-electron chi connectivity index (χ1n) is 7.57. The molecule has 0 saturated heterocycles. The van der Waals surface area contributed by atoms with Crippen molar-refractivity contribution in [2.24, 2.45) is 0 Å². The Kier molecular flexibility index (Phi) is 5.35. The van der Waals surface area contributed by atoms with Crippen molar-refractivity contribution in [3.05, 3.63) is 64.3 Å². The first-order valence-corrected chi connectivity index (χ1v) is 8.77. The number of fused-ring (bicyclic) bond motifs is 1. The minimum absolute atomic E-state index is 0.333. The Morgan fingerprint density at radius 1 is 1.24 bits per heavy atom. The smallest absolute Gasteiger partial charge is 0.356 e. The zero-order valence-corrected chi connectivity index (χ0v) is 15.8. The van der Waals surface area contributed by atoms with E-state index in [1.807, 2.05) is 48.5 Å². The number of H-pyrrole nitrogens is 1. The lowest BCUT2D eigenvalue weighted by molar-refractivity contribution is 0.0596. The second kappa shape index (κ2) is 7.67. The fraction of sp³-hybridized carbons (Fsp3) is 0.111. The molecular weight excluding hydrogens is 402 g/mol. The van der Waals surface area contributed by atoms with E-state index >= 15 is 0 Å². The second-order valence-electron chi connectivity index (χ2n) is 5.35. The van der Waals surface area contributed by atoms with Gasteiger partial charge in [-0.05, 0) is 36.0 Å². The Hall–Kier alpha value is -2.38. The fourth-order valence-corrected chi connectivity index (χ4v) is 3.02. The molecule has 5 nitrogen and oxygen atoms in total. The molecule has 0 aliphatic rings. The molecule has 3 rings (SSSR count). The minimum atomic E-state index is -0.458. The first-order chi connectivity index (χ1) is 12.1. The molecule has 0 fully saturated rings. The molecule has 0 bridgehead atoms. The highest BCUT2D eigenvalue weighted by molar-refractivity contribution is 9.10. The Morgan fingerprint density at radius 3 is 2.72 bits per heavy atom. The number of nitrogens with one attached hydrogen (secondary N) is 3. The van der Waals surface area contributed by atoms with Gasteiger partial charge in [0, 0.05) is 21.9 Å². The van der Waals surface area contributed by atoms with Crippen molar-refractivity contribution >= 4 is 55.8 Å². The van der Waals surface area contributed by atoms with Crippen LogP contribution in [0.5, 0.6) is 0 Å². The number of carbonyl (C=O) groups is 1. The number of rotatable bonds is 4. The van der Waals surface area contributed by atoms with Crippen LogP contribution in [0.15, 0.2) is 53.0 Å². The molecule has 3 aromatic rings. The third-order valence-corrected chi connectivity index (χ3v) is 4.42. The summed E-state index contributed by atoms with van der Waals surface area (Å²) in [6.45, 7) is 0.590. The van der Waals surface area contributed by atoms with Crippen LogP contribution in [0.2, 0.25) is 0 Å². The van der Waals surface area contributed by atoms with Crippen molar-refractivity contribution < 1.29 is 9.53 Å². The molecule has 0 spiro atoms. The number of methoxy groups -OCH3 is 1. The average molecular weight is 418 g/mol. The van der Waals surface area contributed by atoms with E-state index in [9.17, 15) is 4.79 Å². The van der Waals surface area contributed by atoms with Crippen LogP contribution < -0.4 is 10.6 Å². The van der Waals surface area contributed by atoms with E-state index in [1.165, 1.54) is 7.11 Å². The van der Waals surface area contributed by atoms with E-state index < -0.39 is 5.97 Å². The molecule has 0 saturated carbocycles. The van der Waals surface area contributed by atoms with Crippen molar-refractivity contribution in [3.8, 4) is 0 Å². The summed E-state index contributed by atoms with van der Waals surface area (Å²) >= 11 is 8.83. The molecular formula is C18H16BrN3O2S. The van der Waals surface area contributed by atoms with E-state index in [1.54, 1.807) is 0 Å². The van der Waals surface area contributed by atoms with Gasteiger partial charge in [-0.15, -0.1) is 0 Å². The first kappa shape index (κ1) is 17.4. The molecule has 0 aliphatic heterocycles. The summed E-state index contributed by atoms with van der Waals surface area (Å²) in [6.07, 6.45) is 0. The fourth-order valence-electron chi connectivity index (χ4n) is 2.49. The number of thiocarbonyl (C=S) groups is 1. The molecule has 2 aromatic carbocycles. The highest BCUT2D eigenvalue weighted by atomic mass is 79.9. The van der Waals surface area contributed by atoms with E-state index in [4.69, 9.17) is 17.0 Å². The van der Waals surface area contributed by atoms with Gasteiger partial charge in [0.2, 0.25) is 0 Å². The molecule has 7 heteroatoms. The summed E-state index contributed by atoms with van der Waals surface area (Å²) in [6, 6.07) is 15.6. The van der Waals surface area contributed by atoms with Gasteiger partial charge in [0.25, 0.3) is 0 Å². The molecule has 0 atom stereocenters. The van der Waals surface area contributed by atoms with Crippen LogP contribution in [0.1, 0.15) is 16.1 Å². The van der Waals surface area contributed by atoms with Crippen molar-refractivity contribution in [2.45, 2.75) is 6.54 Å². The van der Waals surface area contributed by atoms with Crippen LogP contribution in [0.4, 0.5) is 5.69 Å². The summed E-state index contributed by atoms with van der Waals surface area (Å²) in [5.74, 6) is -0.458. The molecule has 0 unspecified atom stereocenters. The van der Waals surface area contributed by atoms with E-state index in [0.717, 1.165) is 20.9 Å². The van der Waals surface area contributed by atoms with Gasteiger partial charge >= 0.3 is 5.97 Å². The van der Waals surface area contributed by atoms with Gasteiger partial charge in [-0.25, -0.2) is 4.79 Å². The Balaban J connectivity index is 1.84. The van der Waals surface area contributed by atoms with E-state index in [0.29, 0.717) is 23.0 Å². The minimum Gasteiger partial charge on any atom is -0.464 e. The van der Waals surface area contributed by atoms with Crippen LogP contribution in [0.3, 0.4) is 0 Å². The van der Waals surface area contributed by atoms with Crippen molar-refractivity contribution in [3.63, 3.8) is 0 Å². The predicted octanol–water partition coefficient (Wildman–Crippen LogP) is 4.20. The number of benzene rings is 2. The topological polar surface area (TPSA) is 66.2 Å². The molecule has 3 N–H and O–H groups in total. The van der Waals surface area contributed by atoms with Gasteiger partial charge in [-0.2, -0.15) is 0 Å². The second-order valence-corrected chi connectivity index (χ2v) is 6.67. The third-order valence-electron chi connectivity index (χ3n) is 3.68. The van der Waals surface area contributed by atoms with Gasteiger partial charge in [0.15, 0.2) is 5.11 Å². The maximum atomic E-state index is 12.1. The maximum Gasteiger partial charge on any atom is 0.356 e. The van der Waals surface area contributed by atoms with Crippen molar-refractivity contribution in [1.29, 1.82) is 0 Å². The lowest BCUT2D eigenvalue weighted by atomic mass is 10.2. The number of esters is 1. The quantitative estimate of drug-likeness (QED) is 0.438. The highest BCUT2D eigenvalue weighted by Crippen LogP contribution is 2.30. The molecule has 25 heavy (non-hydrogen) atoms. The number of aromatic nitrogens is 1. The molecule has 0 aliphatic carbocycles. The number of hydrogen-bond acceptors (Lipinski definition) is 3. The lowest BCUT2D eigenvalue weighted by Crippen LogP contribution is -2.28. The number of halogens is 1. The molecule has 1 heterocycles. The Morgan fingerprint density at radius 2 is 2.00 bits per heavy atom. The SMILES string of the molecule is COC(=O)c1[nH]c2ccc(Br)cc2c1NC(=S)NCc1ccccc1. The summed E-state index contributed by atoms with van der Waals surface area (Å²) in [5, 5.41) is 7.53. The number of hydrogen-bond donors (Lipinski definition) is 3. The standard InChI is InChI=1S/C18H16BrN3O2S/c1-24-17(23)16-15(13-9-12(19)7-8-14(13)21-16)22-18(25)20-10-11-5-3-2-4-6-11/h2-9,21H,10H2,1H3,(H2,20,22,25). The Labute approximate surface area is 158 Å². The molecule has 128 valence electrons. The van der Waals surface area contributed by atoms with E-state index in [2.05, 4.69) is 31.5 Å². The molecule has 1 aromatic heterocycles. The van der Waals surface area contributed by atoms with Crippen molar-refractivity contribution in [2.75, 3.05) is 12.4 Å². The third kappa shape index (κ3) is 4.00. The van der Waals surface area contributed by atoms with E-state index in [-0.39, 0.29) is 0 Å². The summed E-state index contributed by atoms with van der Waals surface area (Å²) in [4.78, 5) is 15.2. The van der Waals surface area contributed by atoms with Gasteiger partial charge < -0.3 is 20.4 Å². The van der Waals surface area contributed by atoms with Crippen LogP contribution in [-0.4, -0.2) is 23.2 Å². The number of ether oxygens (including phenoxy) is 1. The summed E-state index contributed by atoms with van der Waals surface area (Å²) in [5.41, 5.74) is 2.85. The molecule has 0 radical (unpaired) electrons. The monoisotopic (exact) mass is 417 g/mol. The normalized spacial score (nSPS) is 10.5. The number of anilines is 1. The largest absolute Gasteiger partial charge is 0.464 e. The van der Waals surface area contributed by atoms with Gasteiger partial charge in [0.05, 0.1) is 12.8 Å². The van der Waals surface area contributed by atoms with Crippen LogP contribution >= 0.6 is 28.1 Å². The van der Waals surface area contributed by atoms with Crippen LogP contribution in [0, 0.1) is 0 Å². The van der Waals surface area contributed by atoms with Gasteiger partial charge in [0.1, 0.15) is 5.69 Å². The highest BCUT2D eigenvalue weighted by Gasteiger charge is 2.19. The predicted molar refractivity (Wildman–Crippen MR) is 107 cm³/mol. The lowest BCUT2D eigenvalue weighted by Gasteiger charge is -2.11. The number of aromatic amines is 1. The van der Waals surface area contributed by atoms with Gasteiger partial charge in [-0.1, -0.05) is 46.3 Å². The van der Waals surface area contributed by atoms with Crippen molar-refractivity contribution in [1.82, 2.24) is 10.3 Å². The summed E-state index contributed by atoms with van der Waals surface area (Å²) in [7, 11) is 1.35. The zero-order valence-electron chi connectivity index (χ0n) is 13.4. The van der Waals surface area contributed by atoms with Crippen LogP contribution in [-0.2, 0) is 11.3 Å². The van der Waals surface area contributed by atoms with Crippen LogP contribution in [0.25, 0.3) is 10.9 Å². The average Bonchev–Trinajstić information content (AvgIpc) is 2.98. The summed E-state index contributed by atoms with van der Waals surface area (Å²) < 4.78 is 5.77. The molecule has 0 amide bonds. The van der Waals surface area contributed by atoms with Gasteiger partial charge in [-0.3, -0.25) is 0 Å². The Bertz CT molecular complexity index is 925.